The number of nitrogens with one attached hydrogen (secondary N) is 2. The van der Waals surface area contributed by atoms with Gasteiger partial charge in [-0.2, -0.15) is 0 Å². The lowest BCUT2D eigenvalue weighted by Gasteiger charge is -2.12. The molecule has 7 heteroatoms. The van der Waals surface area contributed by atoms with E-state index in [1.165, 1.54) is 16.8 Å². The summed E-state index contributed by atoms with van der Waals surface area (Å²) in [4.78, 5) is 13.8. The predicted octanol–water partition coefficient (Wildman–Crippen LogP) is 1.78. The first kappa shape index (κ1) is 16.6. The zero-order chi connectivity index (χ0) is 12.8. The van der Waals surface area contributed by atoms with Crippen LogP contribution in [0.3, 0.4) is 0 Å². The highest BCUT2D eigenvalue weighted by Crippen LogP contribution is 2.18. The number of hydrogen-bond donors (Lipinski definition) is 2. The molecule has 1 aromatic carbocycles. The first-order valence-corrected chi connectivity index (χ1v) is 5.73. The second-order valence-corrected chi connectivity index (χ2v) is 4.33. The molecule has 0 bridgehead atoms. The molecule has 1 amide bonds. The highest BCUT2D eigenvalue weighted by Gasteiger charge is 2.10. The van der Waals surface area contributed by atoms with E-state index in [4.69, 9.17) is 10.1 Å². The van der Waals surface area contributed by atoms with E-state index in [0.29, 0.717) is 0 Å². The minimum atomic E-state index is -0.421. The molecule has 0 aliphatic rings. The molecule has 5 nitrogen and oxygen atoms in total. The Labute approximate surface area is 117 Å². The fourth-order valence-corrected chi connectivity index (χ4v) is 1.58. The van der Waals surface area contributed by atoms with Crippen molar-refractivity contribution in [3.63, 3.8) is 0 Å². The molecule has 0 fully saturated rings. The first-order valence-electron chi connectivity index (χ1n) is 4.91. The fourth-order valence-electron chi connectivity index (χ4n) is 1.00. The number of amides is 1. The van der Waals surface area contributed by atoms with E-state index in [0.717, 1.165) is 10.6 Å². The molecular weight excluding hydrogens is 274 g/mol. The smallest absolute Gasteiger partial charge is 0.296 e. The van der Waals surface area contributed by atoms with Crippen LogP contribution in [0.15, 0.2) is 29.2 Å². The second kappa shape index (κ2) is 7.84. The molecule has 0 saturated carbocycles. The SMILES string of the molecule is COc1ccc(SNC(=O)C(=N)N(C)C)cc1.Cl. The molecule has 0 unspecified atom stereocenters. The van der Waals surface area contributed by atoms with Crippen molar-refractivity contribution >= 4 is 36.1 Å². The highest BCUT2D eigenvalue weighted by molar-refractivity contribution is 7.98. The Hall–Kier alpha value is -1.40. The van der Waals surface area contributed by atoms with Gasteiger partial charge in [0, 0.05) is 19.0 Å². The maximum absolute atomic E-state index is 11.5. The third kappa shape index (κ3) is 4.85. The van der Waals surface area contributed by atoms with Gasteiger partial charge in [0.2, 0.25) is 0 Å². The van der Waals surface area contributed by atoms with Gasteiger partial charge in [-0.3, -0.25) is 14.9 Å². The lowest BCUT2D eigenvalue weighted by molar-refractivity contribution is -0.113. The molecule has 100 valence electrons. The lowest BCUT2D eigenvalue weighted by atomic mass is 10.3. The molecule has 1 aromatic rings. The van der Waals surface area contributed by atoms with Gasteiger partial charge in [0.25, 0.3) is 5.91 Å². The van der Waals surface area contributed by atoms with Gasteiger partial charge in [0.1, 0.15) is 5.75 Å². The summed E-state index contributed by atoms with van der Waals surface area (Å²) in [5.74, 6) is 0.267. The summed E-state index contributed by atoms with van der Waals surface area (Å²) in [5, 5.41) is 7.46. The zero-order valence-electron chi connectivity index (χ0n) is 10.4. The third-order valence-corrected chi connectivity index (χ3v) is 2.78. The van der Waals surface area contributed by atoms with Crippen LogP contribution in [0.1, 0.15) is 0 Å². The van der Waals surface area contributed by atoms with Gasteiger partial charge in [0.05, 0.1) is 7.11 Å². The Morgan fingerprint density at radius 1 is 1.33 bits per heavy atom. The largest absolute Gasteiger partial charge is 0.497 e. The van der Waals surface area contributed by atoms with Gasteiger partial charge in [-0.1, -0.05) is 0 Å². The van der Waals surface area contributed by atoms with Crippen molar-refractivity contribution in [2.45, 2.75) is 4.90 Å². The number of rotatable bonds is 3. The molecule has 0 saturated heterocycles. The predicted molar refractivity (Wildman–Crippen MR) is 75.7 cm³/mol. The molecule has 0 aromatic heterocycles. The van der Waals surface area contributed by atoms with Crippen LogP contribution in [-0.2, 0) is 4.79 Å². The topological polar surface area (TPSA) is 65.4 Å². The van der Waals surface area contributed by atoms with Crippen LogP contribution in [0.2, 0.25) is 0 Å². The summed E-state index contributed by atoms with van der Waals surface area (Å²) >= 11 is 1.17. The number of benzene rings is 1. The summed E-state index contributed by atoms with van der Waals surface area (Å²) in [6, 6.07) is 7.30. The molecule has 1 rings (SSSR count). The van der Waals surface area contributed by atoms with E-state index >= 15 is 0 Å². The minimum Gasteiger partial charge on any atom is -0.497 e. The van der Waals surface area contributed by atoms with Gasteiger partial charge in [-0.05, 0) is 36.2 Å². The van der Waals surface area contributed by atoms with Crippen molar-refractivity contribution in [2.24, 2.45) is 0 Å². The maximum Gasteiger partial charge on any atom is 0.296 e. The normalized spacial score (nSPS) is 9.06. The van der Waals surface area contributed by atoms with Crippen LogP contribution < -0.4 is 9.46 Å². The Balaban J connectivity index is 0.00000289. The second-order valence-electron chi connectivity index (χ2n) is 3.45. The van der Waals surface area contributed by atoms with E-state index in [1.54, 1.807) is 21.2 Å². The average Bonchev–Trinajstić information content (AvgIpc) is 2.35. The van der Waals surface area contributed by atoms with Gasteiger partial charge in [0.15, 0.2) is 5.84 Å². The monoisotopic (exact) mass is 289 g/mol. The van der Waals surface area contributed by atoms with E-state index in [9.17, 15) is 4.79 Å². The molecule has 18 heavy (non-hydrogen) atoms. The van der Waals surface area contributed by atoms with Gasteiger partial charge in [-0.25, -0.2) is 0 Å². The van der Waals surface area contributed by atoms with Crippen molar-refractivity contribution < 1.29 is 9.53 Å². The standard InChI is InChI=1S/C11H15N3O2S.ClH/c1-14(2)10(12)11(15)13-17-9-6-4-8(16-3)5-7-9;/h4-7,12H,1-3H3,(H,13,15);1H. The fraction of sp³-hybridized carbons (Fsp3) is 0.273. The number of likely N-dealkylation sites (N-methyl/N-ethyl adjacent to an activating group) is 1. The van der Waals surface area contributed by atoms with Crippen LogP contribution in [-0.4, -0.2) is 37.8 Å². The Morgan fingerprint density at radius 3 is 2.33 bits per heavy atom. The molecule has 0 aliphatic heterocycles. The zero-order valence-corrected chi connectivity index (χ0v) is 12.0. The average molecular weight is 290 g/mol. The van der Waals surface area contributed by atoms with Crippen molar-refractivity contribution in [3.8, 4) is 5.75 Å². The highest BCUT2D eigenvalue weighted by atomic mass is 35.5. The van der Waals surface area contributed by atoms with Gasteiger partial charge < -0.3 is 9.64 Å². The lowest BCUT2D eigenvalue weighted by Crippen LogP contribution is -2.35. The number of carbonyl (C=O) groups is 1. The molecule has 0 atom stereocenters. The van der Waals surface area contributed by atoms with Crippen molar-refractivity contribution in [2.75, 3.05) is 21.2 Å². The van der Waals surface area contributed by atoms with E-state index in [1.807, 2.05) is 24.3 Å². The number of hydrogen-bond acceptors (Lipinski definition) is 4. The first-order chi connectivity index (χ1) is 8.04. The number of carbonyl (C=O) groups excluding carboxylic acids is 1. The molecule has 0 radical (unpaired) electrons. The number of amidine groups is 1. The quantitative estimate of drug-likeness (QED) is 0.506. The van der Waals surface area contributed by atoms with Crippen molar-refractivity contribution in [3.05, 3.63) is 24.3 Å². The number of halogens is 1. The van der Waals surface area contributed by atoms with Crippen LogP contribution in [0.5, 0.6) is 5.75 Å². The van der Waals surface area contributed by atoms with E-state index < -0.39 is 5.91 Å². The Morgan fingerprint density at radius 2 is 1.89 bits per heavy atom. The number of nitrogens with zero attached hydrogens (tertiary/aromatic N) is 1. The molecule has 2 N–H and O–H groups in total. The number of methoxy groups -OCH3 is 1. The van der Waals surface area contributed by atoms with Crippen LogP contribution in [0.4, 0.5) is 0 Å². The van der Waals surface area contributed by atoms with Crippen LogP contribution >= 0.6 is 24.4 Å². The summed E-state index contributed by atoms with van der Waals surface area (Å²) in [6.07, 6.45) is 0. The van der Waals surface area contributed by atoms with E-state index in [2.05, 4.69) is 4.72 Å². The summed E-state index contributed by atoms with van der Waals surface area (Å²) in [6.45, 7) is 0. The molecule has 0 spiro atoms. The summed E-state index contributed by atoms with van der Waals surface area (Å²) in [5.41, 5.74) is 0. The summed E-state index contributed by atoms with van der Waals surface area (Å²) < 4.78 is 7.62. The minimum absolute atomic E-state index is 0. The maximum atomic E-state index is 11.5. The summed E-state index contributed by atoms with van der Waals surface area (Å²) in [7, 11) is 4.91. The van der Waals surface area contributed by atoms with E-state index in [-0.39, 0.29) is 18.2 Å². The van der Waals surface area contributed by atoms with Gasteiger partial charge >= 0.3 is 0 Å². The molecular formula is C11H16ClN3O2S. The molecule has 0 heterocycles. The number of ether oxygens (including phenoxy) is 1. The van der Waals surface area contributed by atoms with Crippen LogP contribution in [0, 0.1) is 5.41 Å². The molecule has 0 aliphatic carbocycles. The van der Waals surface area contributed by atoms with Crippen LogP contribution in [0.25, 0.3) is 0 Å². The van der Waals surface area contributed by atoms with Crippen molar-refractivity contribution in [1.29, 1.82) is 5.41 Å². The third-order valence-electron chi connectivity index (χ3n) is 1.98. The van der Waals surface area contributed by atoms with Crippen molar-refractivity contribution in [1.82, 2.24) is 9.62 Å². The Bertz CT molecular complexity index is 409. The Kier molecular flexibility index (Phi) is 7.23. The van der Waals surface area contributed by atoms with Gasteiger partial charge in [-0.15, -0.1) is 12.4 Å².